The third kappa shape index (κ3) is 2.25. The number of halogens is 3. The minimum atomic E-state index is -4.34. The minimum Gasteiger partial charge on any atom is -0.366 e. The van der Waals surface area contributed by atoms with E-state index in [0.717, 1.165) is 10.8 Å². The summed E-state index contributed by atoms with van der Waals surface area (Å²) >= 11 is 0. The molecule has 2 aromatic rings. The highest BCUT2D eigenvalue weighted by atomic mass is 19.4. The van der Waals surface area contributed by atoms with Gasteiger partial charge in [0, 0.05) is 17.1 Å². The quantitative estimate of drug-likeness (QED) is 0.863. The van der Waals surface area contributed by atoms with Gasteiger partial charge in [0.2, 0.25) is 0 Å². The van der Waals surface area contributed by atoms with Crippen LogP contribution in [0.3, 0.4) is 0 Å². The van der Waals surface area contributed by atoms with E-state index in [9.17, 15) is 18.0 Å². The number of carbonyl (C=O) groups excluding carboxylic acids is 1. The topological polar surface area (TPSA) is 48.0 Å². The molecule has 0 atom stereocenters. The molecule has 0 saturated heterocycles. The Hall–Kier alpha value is -1.98. The Kier molecular flexibility index (Phi) is 2.57. The fourth-order valence-corrected chi connectivity index (χ4v) is 1.77. The number of rotatable bonds is 2. The van der Waals surface area contributed by atoms with Gasteiger partial charge in [-0.05, 0) is 6.07 Å². The second-order valence-electron chi connectivity index (χ2n) is 3.67. The van der Waals surface area contributed by atoms with E-state index >= 15 is 0 Å². The predicted molar refractivity (Wildman–Crippen MR) is 56.5 cm³/mol. The van der Waals surface area contributed by atoms with Crippen LogP contribution in [0.15, 0.2) is 30.5 Å². The van der Waals surface area contributed by atoms with Crippen molar-refractivity contribution in [1.82, 2.24) is 4.57 Å². The number of fused-ring (bicyclic) bond motifs is 1. The van der Waals surface area contributed by atoms with Gasteiger partial charge < -0.3 is 10.3 Å². The zero-order chi connectivity index (χ0) is 12.6. The molecule has 0 aliphatic heterocycles. The van der Waals surface area contributed by atoms with Crippen LogP contribution in [-0.4, -0.2) is 16.7 Å². The van der Waals surface area contributed by atoms with Crippen LogP contribution in [0.2, 0.25) is 0 Å². The van der Waals surface area contributed by atoms with Crippen LogP contribution in [-0.2, 0) is 6.54 Å². The lowest BCUT2D eigenvalue weighted by molar-refractivity contribution is -0.139. The summed E-state index contributed by atoms with van der Waals surface area (Å²) < 4.78 is 38.0. The average Bonchev–Trinajstić information content (AvgIpc) is 2.55. The van der Waals surface area contributed by atoms with Crippen molar-refractivity contribution in [3.63, 3.8) is 0 Å². The molecule has 1 aromatic heterocycles. The van der Waals surface area contributed by atoms with E-state index in [4.69, 9.17) is 5.73 Å². The lowest BCUT2D eigenvalue weighted by atomic mass is 10.2. The molecule has 0 aliphatic rings. The van der Waals surface area contributed by atoms with Crippen molar-refractivity contribution >= 4 is 16.8 Å². The average molecular weight is 242 g/mol. The second kappa shape index (κ2) is 3.80. The molecule has 0 radical (unpaired) electrons. The number of hydrogen-bond donors (Lipinski definition) is 1. The normalized spacial score (nSPS) is 11.9. The summed E-state index contributed by atoms with van der Waals surface area (Å²) in [5.74, 6) is -0.734. The first kappa shape index (κ1) is 11.5. The van der Waals surface area contributed by atoms with Crippen LogP contribution in [0.1, 0.15) is 10.4 Å². The third-order valence-electron chi connectivity index (χ3n) is 2.40. The van der Waals surface area contributed by atoms with Crippen molar-refractivity contribution in [2.24, 2.45) is 5.73 Å². The van der Waals surface area contributed by atoms with Gasteiger partial charge in [-0.3, -0.25) is 4.79 Å². The molecule has 17 heavy (non-hydrogen) atoms. The molecule has 0 fully saturated rings. The maximum Gasteiger partial charge on any atom is 0.406 e. The van der Waals surface area contributed by atoms with Crippen LogP contribution in [0.25, 0.3) is 10.9 Å². The molecular weight excluding hydrogens is 233 g/mol. The Bertz CT molecular complexity index is 572. The highest BCUT2D eigenvalue weighted by molar-refractivity contribution is 6.06. The van der Waals surface area contributed by atoms with Gasteiger partial charge in [0.1, 0.15) is 6.54 Å². The first-order valence-electron chi connectivity index (χ1n) is 4.83. The van der Waals surface area contributed by atoms with E-state index in [1.165, 1.54) is 6.07 Å². The Morgan fingerprint density at radius 3 is 2.53 bits per heavy atom. The van der Waals surface area contributed by atoms with Crippen LogP contribution < -0.4 is 5.73 Å². The zero-order valence-corrected chi connectivity index (χ0v) is 8.66. The van der Waals surface area contributed by atoms with E-state index in [1.807, 2.05) is 0 Å². The highest BCUT2D eigenvalue weighted by Gasteiger charge is 2.29. The molecule has 0 bridgehead atoms. The summed E-state index contributed by atoms with van der Waals surface area (Å²) in [6.45, 7) is -1.14. The van der Waals surface area contributed by atoms with Crippen LogP contribution >= 0.6 is 0 Å². The molecule has 1 aromatic carbocycles. The van der Waals surface area contributed by atoms with Crippen LogP contribution in [0.4, 0.5) is 13.2 Å². The van der Waals surface area contributed by atoms with Crippen LogP contribution in [0, 0.1) is 0 Å². The zero-order valence-electron chi connectivity index (χ0n) is 8.66. The number of amides is 1. The van der Waals surface area contributed by atoms with E-state index in [2.05, 4.69) is 0 Å². The fraction of sp³-hybridized carbons (Fsp3) is 0.182. The number of carbonyl (C=O) groups is 1. The Morgan fingerprint density at radius 1 is 1.29 bits per heavy atom. The van der Waals surface area contributed by atoms with Crippen molar-refractivity contribution in [3.8, 4) is 0 Å². The van der Waals surface area contributed by atoms with Crippen molar-refractivity contribution in [3.05, 3.63) is 36.0 Å². The standard InChI is InChI=1S/C11H9F3N2O/c12-11(13,14)6-16-5-8(10(15)17)7-3-1-2-4-9(7)16/h1-5H,6H2,(H2,15,17). The van der Waals surface area contributed by atoms with E-state index < -0.39 is 18.6 Å². The van der Waals surface area contributed by atoms with Gasteiger partial charge in [-0.1, -0.05) is 18.2 Å². The summed E-state index contributed by atoms with van der Waals surface area (Å²) in [6, 6.07) is 6.35. The van der Waals surface area contributed by atoms with Gasteiger partial charge in [0.25, 0.3) is 5.91 Å². The molecule has 3 nitrogen and oxygen atoms in total. The first-order chi connectivity index (χ1) is 7.88. The van der Waals surface area contributed by atoms with Crippen molar-refractivity contribution in [2.75, 3.05) is 0 Å². The molecule has 90 valence electrons. The Balaban J connectivity index is 2.61. The summed E-state index contributed by atoms with van der Waals surface area (Å²) in [7, 11) is 0. The first-order valence-corrected chi connectivity index (χ1v) is 4.83. The fourth-order valence-electron chi connectivity index (χ4n) is 1.77. The molecule has 2 rings (SSSR count). The Labute approximate surface area is 94.6 Å². The second-order valence-corrected chi connectivity index (χ2v) is 3.67. The number of nitrogens with two attached hydrogens (primary N) is 1. The molecule has 1 heterocycles. The molecule has 1 amide bonds. The summed E-state index contributed by atoms with van der Waals surface area (Å²) in [4.78, 5) is 11.1. The van der Waals surface area contributed by atoms with Gasteiger partial charge >= 0.3 is 6.18 Å². The van der Waals surface area contributed by atoms with Crippen molar-refractivity contribution in [2.45, 2.75) is 12.7 Å². The van der Waals surface area contributed by atoms with Gasteiger partial charge in [0.15, 0.2) is 0 Å². The number of aromatic nitrogens is 1. The largest absolute Gasteiger partial charge is 0.406 e. The summed E-state index contributed by atoms with van der Waals surface area (Å²) in [5.41, 5.74) is 5.57. The van der Waals surface area contributed by atoms with E-state index in [-0.39, 0.29) is 5.56 Å². The smallest absolute Gasteiger partial charge is 0.366 e. The molecular formula is C11H9F3N2O. The van der Waals surface area contributed by atoms with Crippen LogP contribution in [0.5, 0.6) is 0 Å². The van der Waals surface area contributed by atoms with E-state index in [1.54, 1.807) is 18.2 Å². The van der Waals surface area contributed by atoms with Gasteiger partial charge in [0.05, 0.1) is 5.56 Å². The van der Waals surface area contributed by atoms with Gasteiger partial charge in [-0.2, -0.15) is 13.2 Å². The summed E-state index contributed by atoms with van der Waals surface area (Å²) in [6.07, 6.45) is -3.20. The molecule has 0 aliphatic carbocycles. The molecule has 0 saturated carbocycles. The van der Waals surface area contributed by atoms with Crippen molar-refractivity contribution in [1.29, 1.82) is 0 Å². The molecule has 0 spiro atoms. The van der Waals surface area contributed by atoms with Crippen molar-refractivity contribution < 1.29 is 18.0 Å². The number of primary amides is 1. The summed E-state index contributed by atoms with van der Waals surface area (Å²) in [5, 5.41) is 0.434. The molecule has 0 unspecified atom stereocenters. The SMILES string of the molecule is NC(=O)c1cn(CC(F)(F)F)c2ccccc12. The lowest BCUT2D eigenvalue weighted by Gasteiger charge is -2.08. The highest BCUT2D eigenvalue weighted by Crippen LogP contribution is 2.25. The Morgan fingerprint density at radius 2 is 1.94 bits per heavy atom. The van der Waals surface area contributed by atoms with E-state index in [0.29, 0.717) is 10.9 Å². The monoisotopic (exact) mass is 242 g/mol. The van der Waals surface area contributed by atoms with Gasteiger partial charge in [-0.15, -0.1) is 0 Å². The predicted octanol–water partition coefficient (Wildman–Crippen LogP) is 2.30. The molecule has 6 heteroatoms. The molecule has 2 N–H and O–H groups in total. The third-order valence-corrected chi connectivity index (χ3v) is 2.40. The number of alkyl halides is 3. The minimum absolute atomic E-state index is 0.102. The maximum absolute atomic E-state index is 12.3. The number of para-hydroxylation sites is 1. The number of nitrogens with zero attached hydrogens (tertiary/aromatic N) is 1. The lowest BCUT2D eigenvalue weighted by Crippen LogP contribution is -2.17. The maximum atomic E-state index is 12.3. The van der Waals surface area contributed by atoms with Gasteiger partial charge in [-0.25, -0.2) is 0 Å². The number of hydrogen-bond acceptors (Lipinski definition) is 1. The number of benzene rings is 1.